The summed E-state index contributed by atoms with van der Waals surface area (Å²) in [6, 6.07) is 4.38. The minimum absolute atomic E-state index is 0.0525. The molecular formula is C37H47F6N7O4. The zero-order chi connectivity index (χ0) is 40.2. The second kappa shape index (κ2) is 16.9. The lowest BCUT2D eigenvalue weighted by Crippen LogP contribution is -2.61. The minimum atomic E-state index is -5.13. The molecule has 5 rings (SSSR count). The zero-order valence-electron chi connectivity index (χ0n) is 31.1. The van der Waals surface area contributed by atoms with E-state index in [2.05, 4.69) is 15.0 Å². The summed E-state index contributed by atoms with van der Waals surface area (Å²) >= 11 is 0. The number of rotatable bonds is 9. The van der Waals surface area contributed by atoms with Gasteiger partial charge in [0.1, 0.15) is 17.4 Å². The first-order valence-electron chi connectivity index (χ1n) is 17.7. The first kappa shape index (κ1) is 42.2. The number of amides is 1. The minimum Gasteiger partial charge on any atom is -0.465 e. The van der Waals surface area contributed by atoms with Crippen molar-refractivity contribution in [2.75, 3.05) is 55.1 Å². The number of hydrogen-bond donors (Lipinski definition) is 2. The highest BCUT2D eigenvalue weighted by molar-refractivity contribution is 5.90. The SMILES string of the molecule is CCOCC.CC[C@]1(N)C[C@@H](C(c2cc(C(F)(F)F)cc(C(F)(F)F)c2)c2ncc(N3CCC(C(C)=O)CC3)cn2)c2nc(N(C)C)ccc2N1C(=O)O. The van der Waals surface area contributed by atoms with Gasteiger partial charge in [0.25, 0.3) is 0 Å². The van der Waals surface area contributed by atoms with Crippen LogP contribution in [0.2, 0.25) is 0 Å². The van der Waals surface area contributed by atoms with Crippen LogP contribution in [0.15, 0.2) is 42.7 Å². The Kier molecular flexibility index (Phi) is 13.2. The predicted octanol–water partition coefficient (Wildman–Crippen LogP) is 7.69. The van der Waals surface area contributed by atoms with Crippen LogP contribution in [0, 0.1) is 5.92 Å². The molecule has 1 unspecified atom stereocenters. The number of aromatic nitrogens is 3. The van der Waals surface area contributed by atoms with Crippen molar-refractivity contribution in [3.8, 4) is 0 Å². The molecule has 0 aliphatic carbocycles. The number of alkyl halides is 6. The number of anilines is 3. The van der Waals surface area contributed by atoms with Crippen LogP contribution in [-0.2, 0) is 21.9 Å². The molecule has 11 nitrogen and oxygen atoms in total. The number of carbonyl (C=O) groups is 2. The Morgan fingerprint density at radius 1 is 0.981 bits per heavy atom. The van der Waals surface area contributed by atoms with Gasteiger partial charge in [0.05, 0.1) is 52.2 Å². The average Bonchev–Trinajstić information content (AvgIpc) is 3.11. The van der Waals surface area contributed by atoms with Crippen molar-refractivity contribution in [2.45, 2.75) is 83.2 Å². The summed E-state index contributed by atoms with van der Waals surface area (Å²) in [4.78, 5) is 42.7. The topological polar surface area (TPSA) is 138 Å². The highest BCUT2D eigenvalue weighted by Crippen LogP contribution is 2.51. The molecule has 1 amide bonds. The van der Waals surface area contributed by atoms with Gasteiger partial charge < -0.3 is 25.4 Å². The molecule has 0 spiro atoms. The molecule has 4 heterocycles. The van der Waals surface area contributed by atoms with Crippen LogP contribution in [0.3, 0.4) is 0 Å². The van der Waals surface area contributed by atoms with Crippen LogP contribution in [0.1, 0.15) is 93.4 Å². The summed E-state index contributed by atoms with van der Waals surface area (Å²) in [5.74, 6) is -2.12. The molecule has 1 fully saturated rings. The van der Waals surface area contributed by atoms with Crippen LogP contribution in [0.5, 0.6) is 0 Å². The Hall–Kier alpha value is -4.51. The van der Waals surface area contributed by atoms with Crippen molar-refractivity contribution in [3.05, 3.63) is 70.9 Å². The predicted molar refractivity (Wildman–Crippen MR) is 192 cm³/mol. The average molecular weight is 768 g/mol. The van der Waals surface area contributed by atoms with Gasteiger partial charge in [0.15, 0.2) is 0 Å². The van der Waals surface area contributed by atoms with Crippen LogP contribution in [0.4, 0.5) is 48.3 Å². The fourth-order valence-corrected chi connectivity index (χ4v) is 6.97. The van der Waals surface area contributed by atoms with E-state index in [1.54, 1.807) is 38.9 Å². The number of nitrogens with two attached hydrogens (primary N) is 1. The van der Waals surface area contributed by atoms with E-state index >= 15 is 0 Å². The number of fused-ring (bicyclic) bond motifs is 1. The number of piperidine rings is 1. The van der Waals surface area contributed by atoms with Crippen LogP contribution in [-0.4, -0.2) is 78.0 Å². The van der Waals surface area contributed by atoms with Crippen molar-refractivity contribution in [3.63, 3.8) is 0 Å². The number of carboxylic acid groups (broad SMARTS) is 1. The van der Waals surface area contributed by atoms with Gasteiger partial charge in [0.2, 0.25) is 0 Å². The number of carbonyl (C=O) groups excluding carboxylic acids is 1. The lowest BCUT2D eigenvalue weighted by molar-refractivity contribution is -0.143. The third-order valence-electron chi connectivity index (χ3n) is 9.91. The first-order chi connectivity index (χ1) is 25.2. The number of ketones is 1. The Morgan fingerprint density at radius 3 is 1.96 bits per heavy atom. The second-order valence-electron chi connectivity index (χ2n) is 13.6. The lowest BCUT2D eigenvalue weighted by Gasteiger charge is -2.47. The van der Waals surface area contributed by atoms with E-state index < -0.39 is 47.1 Å². The number of pyridine rings is 1. The summed E-state index contributed by atoms with van der Waals surface area (Å²) in [7, 11) is 3.36. The Labute approximate surface area is 310 Å². The van der Waals surface area contributed by atoms with Crippen LogP contribution >= 0.6 is 0 Å². The molecule has 0 saturated carbocycles. The Bertz CT molecular complexity index is 1730. The van der Waals surface area contributed by atoms with Gasteiger partial charge in [0, 0.05) is 52.2 Å². The van der Waals surface area contributed by atoms with Crippen LogP contribution in [0.25, 0.3) is 0 Å². The van der Waals surface area contributed by atoms with Crippen molar-refractivity contribution in [1.82, 2.24) is 15.0 Å². The number of Topliss-reactive ketones (excluding diaryl/α,β-unsaturated/α-hetero) is 1. The summed E-state index contributed by atoms with van der Waals surface area (Å²) in [5.41, 5.74) is 2.44. The molecule has 2 aromatic heterocycles. The van der Waals surface area contributed by atoms with E-state index in [0.717, 1.165) is 18.1 Å². The van der Waals surface area contributed by atoms with Crippen molar-refractivity contribution >= 4 is 29.1 Å². The maximum Gasteiger partial charge on any atom is 0.416 e. The molecule has 54 heavy (non-hydrogen) atoms. The molecular weight excluding hydrogens is 720 g/mol. The van der Waals surface area contributed by atoms with Gasteiger partial charge in [-0.25, -0.2) is 19.7 Å². The fraction of sp³-hybridized carbons (Fsp3) is 0.541. The molecule has 1 aromatic carbocycles. The van der Waals surface area contributed by atoms with E-state index in [0.29, 0.717) is 49.6 Å². The maximum absolute atomic E-state index is 14.1. The molecule has 17 heteroatoms. The summed E-state index contributed by atoms with van der Waals surface area (Å²) in [6.07, 6.45) is -7.69. The highest BCUT2D eigenvalue weighted by atomic mass is 19.4. The van der Waals surface area contributed by atoms with E-state index in [1.165, 1.54) is 18.5 Å². The Balaban J connectivity index is 0.00000122. The molecule has 3 atom stereocenters. The standard InChI is InChI=1S/C33H37F6N7O3.C4H10O/c1-5-31(40)15-24(28-25(46(31)30(48)49)6-7-26(43-28)44(3)4)27(20-12-21(32(34,35)36)14-22(13-20)33(37,38)39)29-41-16-23(17-42-29)45-10-8-19(9-11-45)18(2)47;1-3-5-4-2/h6-7,12-14,16-17,19,24,27H,5,8-11,15,40H2,1-4H3,(H,48,49);3-4H2,1-2H3/t24-,27?,31+;/m0./s1. The summed E-state index contributed by atoms with van der Waals surface area (Å²) < 4.78 is 89.7. The van der Waals surface area contributed by atoms with Crippen LogP contribution < -0.4 is 20.4 Å². The van der Waals surface area contributed by atoms with Crippen molar-refractivity contribution < 1.29 is 45.8 Å². The van der Waals surface area contributed by atoms with E-state index in [9.17, 15) is 41.0 Å². The number of halogens is 6. The van der Waals surface area contributed by atoms with Gasteiger partial charge in [-0.05, 0) is 82.3 Å². The summed E-state index contributed by atoms with van der Waals surface area (Å²) in [6.45, 7) is 9.91. The number of nitrogens with zero attached hydrogens (tertiary/aromatic N) is 6. The number of benzene rings is 1. The van der Waals surface area contributed by atoms with Gasteiger partial charge in [-0.2, -0.15) is 26.3 Å². The zero-order valence-corrected chi connectivity index (χ0v) is 31.1. The normalized spacial score (nSPS) is 19.8. The molecule has 2 aliphatic rings. The van der Waals surface area contributed by atoms with E-state index in [1.807, 2.05) is 18.7 Å². The molecule has 1 saturated heterocycles. The molecule has 2 aliphatic heterocycles. The quantitative estimate of drug-likeness (QED) is 0.209. The number of hydrogen-bond acceptors (Lipinski definition) is 9. The van der Waals surface area contributed by atoms with E-state index in [4.69, 9.17) is 10.5 Å². The van der Waals surface area contributed by atoms with Gasteiger partial charge >= 0.3 is 18.4 Å². The molecule has 3 N–H and O–H groups in total. The molecule has 3 aromatic rings. The van der Waals surface area contributed by atoms with Crippen molar-refractivity contribution in [1.29, 1.82) is 0 Å². The maximum atomic E-state index is 14.1. The van der Waals surface area contributed by atoms with Crippen molar-refractivity contribution in [2.24, 2.45) is 11.7 Å². The largest absolute Gasteiger partial charge is 0.465 e. The molecule has 296 valence electrons. The van der Waals surface area contributed by atoms with Gasteiger partial charge in [-0.1, -0.05) is 6.92 Å². The highest BCUT2D eigenvalue weighted by Gasteiger charge is 2.49. The molecule has 0 bridgehead atoms. The third kappa shape index (κ3) is 9.40. The molecule has 0 radical (unpaired) electrons. The van der Waals surface area contributed by atoms with Gasteiger partial charge in [-0.15, -0.1) is 0 Å². The van der Waals surface area contributed by atoms with Gasteiger partial charge in [-0.3, -0.25) is 9.69 Å². The Morgan fingerprint density at radius 2 is 1.54 bits per heavy atom. The smallest absolute Gasteiger partial charge is 0.416 e. The van der Waals surface area contributed by atoms with E-state index in [-0.39, 0.29) is 53.4 Å². The fourth-order valence-electron chi connectivity index (χ4n) is 6.97. The monoisotopic (exact) mass is 767 g/mol. The second-order valence-corrected chi connectivity index (χ2v) is 13.6. The third-order valence-corrected chi connectivity index (χ3v) is 9.91. The lowest BCUT2D eigenvalue weighted by atomic mass is 9.73. The first-order valence-corrected chi connectivity index (χ1v) is 17.7. The summed E-state index contributed by atoms with van der Waals surface area (Å²) in [5, 5.41) is 10.3. The number of ether oxygens (including phenoxy) is 1.